The maximum atomic E-state index is 14.8. The highest BCUT2D eigenvalue weighted by Gasteiger charge is 2.36. The molecule has 0 radical (unpaired) electrons. The number of hydrogen-bond donors (Lipinski definition) is 3. The van der Waals surface area contributed by atoms with Gasteiger partial charge in [-0.15, -0.1) is 0 Å². The highest BCUT2D eigenvalue weighted by atomic mass is 19.1. The molecule has 2 atom stereocenters. The summed E-state index contributed by atoms with van der Waals surface area (Å²) in [7, 11) is 0. The summed E-state index contributed by atoms with van der Waals surface area (Å²) in [5.41, 5.74) is 7.74. The molecule has 3 rings (SSSR count). The van der Waals surface area contributed by atoms with Crippen molar-refractivity contribution in [3.63, 3.8) is 0 Å². The molecule has 0 fully saturated rings. The van der Waals surface area contributed by atoms with Gasteiger partial charge in [-0.05, 0) is 41.7 Å². The van der Waals surface area contributed by atoms with Crippen LogP contribution in [0.3, 0.4) is 0 Å². The van der Waals surface area contributed by atoms with Crippen molar-refractivity contribution in [2.45, 2.75) is 52.7 Å². The summed E-state index contributed by atoms with van der Waals surface area (Å²) >= 11 is 0. The lowest BCUT2D eigenvalue weighted by atomic mass is 9.82. The second-order valence-electron chi connectivity index (χ2n) is 10.9. The van der Waals surface area contributed by atoms with E-state index in [2.05, 4.69) is 5.32 Å². The van der Waals surface area contributed by atoms with Gasteiger partial charge in [0.25, 0.3) is 0 Å². The second-order valence-corrected chi connectivity index (χ2v) is 10.9. The number of benzene rings is 2. The van der Waals surface area contributed by atoms with Gasteiger partial charge in [-0.3, -0.25) is 14.4 Å². The van der Waals surface area contributed by atoms with Gasteiger partial charge < -0.3 is 25.6 Å². The van der Waals surface area contributed by atoms with Gasteiger partial charge in [0, 0.05) is 43.0 Å². The largest absolute Gasteiger partial charge is 0.480 e. The van der Waals surface area contributed by atoms with E-state index < -0.39 is 47.6 Å². The summed E-state index contributed by atoms with van der Waals surface area (Å²) in [5.74, 6) is -3.22. The molecule has 214 valence electrons. The molecule has 0 bridgehead atoms. The van der Waals surface area contributed by atoms with Crippen molar-refractivity contribution in [1.82, 2.24) is 14.8 Å². The van der Waals surface area contributed by atoms with E-state index in [0.717, 1.165) is 23.8 Å². The summed E-state index contributed by atoms with van der Waals surface area (Å²) in [6.07, 6.45) is 1.84. The Labute approximate surface area is 232 Å². The quantitative estimate of drug-likeness (QED) is 0.326. The number of halogens is 2. The van der Waals surface area contributed by atoms with E-state index in [1.165, 1.54) is 6.92 Å². The van der Waals surface area contributed by atoms with Gasteiger partial charge in [0.05, 0.1) is 12.1 Å². The summed E-state index contributed by atoms with van der Waals surface area (Å²) in [4.78, 5) is 37.7. The van der Waals surface area contributed by atoms with Gasteiger partial charge in [0.15, 0.2) is 0 Å². The smallest absolute Gasteiger partial charge is 0.322 e. The molecule has 0 spiro atoms. The molecule has 1 heterocycles. The van der Waals surface area contributed by atoms with Crippen LogP contribution in [-0.4, -0.2) is 51.5 Å². The van der Waals surface area contributed by atoms with Crippen LogP contribution in [0.15, 0.2) is 60.8 Å². The molecular formula is C30H36F2N4O4. The number of hydrogen-bond acceptors (Lipinski definition) is 4. The number of carbonyl (C=O) groups excluding carboxylic acids is 2. The average molecular weight is 555 g/mol. The topological polar surface area (TPSA) is 118 Å². The summed E-state index contributed by atoms with van der Waals surface area (Å²) in [6, 6.07) is 13.1. The lowest BCUT2D eigenvalue weighted by molar-refractivity contribution is -0.138. The van der Waals surface area contributed by atoms with Crippen LogP contribution in [0.4, 0.5) is 8.78 Å². The van der Waals surface area contributed by atoms with Crippen LogP contribution in [0.5, 0.6) is 0 Å². The molecule has 0 aliphatic heterocycles. The Morgan fingerprint density at radius 1 is 1.07 bits per heavy atom. The molecule has 8 nitrogen and oxygen atoms in total. The fourth-order valence-electron chi connectivity index (χ4n) is 4.78. The maximum Gasteiger partial charge on any atom is 0.322 e. The first-order valence-electron chi connectivity index (χ1n) is 13.0. The number of aliphatic carboxylic acids is 1. The number of rotatable bonds is 11. The van der Waals surface area contributed by atoms with E-state index in [9.17, 15) is 23.2 Å². The highest BCUT2D eigenvalue weighted by molar-refractivity contribution is 5.85. The van der Waals surface area contributed by atoms with Gasteiger partial charge in [-0.25, -0.2) is 8.78 Å². The number of aromatic nitrogens is 1. The molecule has 2 unspecified atom stereocenters. The zero-order chi connectivity index (χ0) is 29.6. The SMILES string of the molecule is CC(=O)N(CCC(N)C(=O)NCC(=O)O)C(c1cc(-c2cc(F)ccc2F)cn1Cc1ccccc1)C(C)(C)C. The molecule has 2 amide bonds. The fourth-order valence-corrected chi connectivity index (χ4v) is 4.78. The van der Waals surface area contributed by atoms with Crippen LogP contribution in [0, 0.1) is 17.0 Å². The lowest BCUT2D eigenvalue weighted by Gasteiger charge is -2.41. The molecule has 0 aliphatic rings. The van der Waals surface area contributed by atoms with Crippen molar-refractivity contribution in [2.24, 2.45) is 11.1 Å². The van der Waals surface area contributed by atoms with E-state index in [-0.39, 0.29) is 24.4 Å². The first-order valence-corrected chi connectivity index (χ1v) is 13.0. The first-order chi connectivity index (χ1) is 18.8. The molecule has 2 aromatic carbocycles. The van der Waals surface area contributed by atoms with Crippen LogP contribution in [0.2, 0.25) is 0 Å². The molecule has 4 N–H and O–H groups in total. The minimum absolute atomic E-state index is 0.0857. The molecule has 0 aliphatic carbocycles. The third-order valence-corrected chi connectivity index (χ3v) is 6.61. The Kier molecular flexibility index (Phi) is 9.81. The van der Waals surface area contributed by atoms with Gasteiger partial charge in [0.1, 0.15) is 18.2 Å². The van der Waals surface area contributed by atoms with Crippen LogP contribution in [-0.2, 0) is 20.9 Å². The number of amides is 2. The Hall–Kier alpha value is -4.05. The number of carbonyl (C=O) groups is 3. The normalized spacial score (nSPS) is 13.0. The maximum absolute atomic E-state index is 14.8. The highest BCUT2D eigenvalue weighted by Crippen LogP contribution is 2.41. The molecule has 40 heavy (non-hydrogen) atoms. The van der Waals surface area contributed by atoms with Crippen molar-refractivity contribution < 1.29 is 28.3 Å². The average Bonchev–Trinajstić information content (AvgIpc) is 3.28. The Morgan fingerprint density at radius 2 is 1.75 bits per heavy atom. The molecule has 1 aromatic heterocycles. The molecule has 3 aromatic rings. The fraction of sp³-hybridized carbons (Fsp3) is 0.367. The molecule has 10 heteroatoms. The Balaban J connectivity index is 2.05. The third kappa shape index (κ3) is 7.75. The summed E-state index contributed by atoms with van der Waals surface area (Å²) in [6.45, 7) is 7.30. The second kappa shape index (κ2) is 12.9. The predicted molar refractivity (Wildman–Crippen MR) is 148 cm³/mol. The molecular weight excluding hydrogens is 518 g/mol. The van der Waals surface area contributed by atoms with Crippen molar-refractivity contribution in [3.05, 3.63) is 83.7 Å². The van der Waals surface area contributed by atoms with Crippen LogP contribution >= 0.6 is 0 Å². The van der Waals surface area contributed by atoms with Gasteiger partial charge in [0.2, 0.25) is 11.8 Å². The van der Waals surface area contributed by atoms with E-state index in [0.29, 0.717) is 17.8 Å². The van der Waals surface area contributed by atoms with Crippen molar-refractivity contribution >= 4 is 17.8 Å². The zero-order valence-electron chi connectivity index (χ0n) is 23.2. The van der Waals surface area contributed by atoms with Crippen LogP contribution < -0.4 is 11.1 Å². The number of nitrogens with two attached hydrogens (primary N) is 1. The Bertz CT molecular complexity index is 1350. The van der Waals surface area contributed by atoms with E-state index in [1.807, 2.05) is 55.7 Å². The van der Waals surface area contributed by atoms with Gasteiger partial charge in [-0.2, -0.15) is 0 Å². The number of nitrogens with one attached hydrogen (secondary N) is 1. The third-order valence-electron chi connectivity index (χ3n) is 6.61. The zero-order valence-corrected chi connectivity index (χ0v) is 23.2. The lowest BCUT2D eigenvalue weighted by Crippen LogP contribution is -2.47. The number of carboxylic acid groups (broad SMARTS) is 1. The monoisotopic (exact) mass is 554 g/mol. The Morgan fingerprint density at radius 3 is 2.35 bits per heavy atom. The van der Waals surface area contributed by atoms with Gasteiger partial charge in [-0.1, -0.05) is 51.1 Å². The minimum atomic E-state index is -1.19. The van der Waals surface area contributed by atoms with Crippen LogP contribution in [0.25, 0.3) is 11.1 Å². The van der Waals surface area contributed by atoms with Crippen molar-refractivity contribution in [1.29, 1.82) is 0 Å². The van der Waals surface area contributed by atoms with E-state index in [1.54, 1.807) is 17.2 Å². The van der Waals surface area contributed by atoms with E-state index in [4.69, 9.17) is 10.8 Å². The predicted octanol–water partition coefficient (Wildman–Crippen LogP) is 4.34. The molecule has 0 saturated carbocycles. The number of carboxylic acids is 1. The van der Waals surface area contributed by atoms with Crippen molar-refractivity contribution in [3.8, 4) is 11.1 Å². The van der Waals surface area contributed by atoms with Gasteiger partial charge >= 0.3 is 5.97 Å². The first kappa shape index (κ1) is 30.5. The summed E-state index contributed by atoms with van der Waals surface area (Å²) in [5, 5.41) is 11.1. The van der Waals surface area contributed by atoms with Crippen LogP contribution in [0.1, 0.15) is 51.4 Å². The minimum Gasteiger partial charge on any atom is -0.480 e. The van der Waals surface area contributed by atoms with E-state index >= 15 is 0 Å². The molecule has 0 saturated heterocycles. The van der Waals surface area contributed by atoms with Crippen molar-refractivity contribution in [2.75, 3.05) is 13.1 Å². The number of nitrogens with zero attached hydrogens (tertiary/aromatic N) is 2. The summed E-state index contributed by atoms with van der Waals surface area (Å²) < 4.78 is 30.9. The standard InChI is InChI=1S/C30H36F2N4O4/c1-19(37)36(13-12-25(33)29(40)34-16-27(38)39)28(30(2,3)4)26-14-21(23-15-22(31)10-11-24(23)32)18-35(26)17-20-8-6-5-7-9-20/h5-11,14-15,18,25,28H,12-13,16-17,33H2,1-4H3,(H,34,40)(H,38,39).